The molecule has 1 amide bonds. The Morgan fingerprint density at radius 3 is 2.72 bits per heavy atom. The lowest BCUT2D eigenvalue weighted by Crippen LogP contribution is -2.20. The van der Waals surface area contributed by atoms with Gasteiger partial charge in [-0.15, -0.1) is 4.91 Å². The third kappa shape index (κ3) is 3.74. The minimum Gasteiger partial charge on any atom is -0.507 e. The number of hydrogen-bond acceptors (Lipinski definition) is 5. The molecule has 6 heteroatoms. The van der Waals surface area contributed by atoms with Crippen LogP contribution in [0.3, 0.4) is 0 Å². The highest BCUT2D eigenvalue weighted by Gasteiger charge is 2.12. The summed E-state index contributed by atoms with van der Waals surface area (Å²) in [5.41, 5.74) is 0.139. The molecule has 5 nitrogen and oxygen atoms in total. The van der Waals surface area contributed by atoms with E-state index in [1.807, 2.05) is 0 Å². The highest BCUT2D eigenvalue weighted by Crippen LogP contribution is 2.23. The fourth-order valence-corrected chi connectivity index (χ4v) is 1.69. The molecule has 0 aliphatic rings. The van der Waals surface area contributed by atoms with Gasteiger partial charge in [0, 0.05) is 0 Å². The van der Waals surface area contributed by atoms with Gasteiger partial charge >= 0.3 is 0 Å². The number of aromatic hydroxyl groups is 1. The molecular weight excluding hydrogens is 252 g/mol. The number of carbonyl (C=O) groups excluding carboxylic acids is 1. The van der Waals surface area contributed by atoms with Crippen molar-refractivity contribution in [1.82, 2.24) is 5.32 Å². The van der Waals surface area contributed by atoms with Crippen LogP contribution in [0.4, 0.5) is 0 Å². The van der Waals surface area contributed by atoms with E-state index in [0.717, 1.165) is 11.8 Å². The second-order valence-corrected chi connectivity index (χ2v) is 4.33. The zero-order chi connectivity index (χ0) is 13.5. The number of thioether (sulfide) groups is 1. The van der Waals surface area contributed by atoms with E-state index in [4.69, 9.17) is 0 Å². The summed E-state index contributed by atoms with van der Waals surface area (Å²) in [5, 5.41) is 15.2. The number of benzene rings is 1. The van der Waals surface area contributed by atoms with E-state index in [-0.39, 0.29) is 21.4 Å². The average Bonchev–Trinajstić information content (AvgIpc) is 2.36. The van der Waals surface area contributed by atoms with Crippen molar-refractivity contribution in [1.29, 1.82) is 0 Å². The Bertz CT molecular complexity index is 512. The van der Waals surface area contributed by atoms with E-state index in [9.17, 15) is 14.8 Å². The molecule has 18 heavy (non-hydrogen) atoms. The normalized spacial score (nSPS) is 10.8. The molecule has 2 N–H and O–H groups in total. The third-order valence-electron chi connectivity index (χ3n) is 1.97. The van der Waals surface area contributed by atoms with E-state index in [0.29, 0.717) is 0 Å². The first-order valence-corrected chi connectivity index (χ1v) is 5.86. The van der Waals surface area contributed by atoms with Crippen molar-refractivity contribution in [3.05, 3.63) is 57.4 Å². The number of nitrogens with one attached hydrogen (secondary N) is 1. The maximum atomic E-state index is 11.8. The summed E-state index contributed by atoms with van der Waals surface area (Å²) in [6, 6.07) is 6.14. The number of nitrogens with zero attached hydrogens (tertiary/aromatic N) is 1. The molecule has 0 spiro atoms. The summed E-state index contributed by atoms with van der Waals surface area (Å²) in [6.07, 6.45) is 1.51. The SMILES string of the molecule is C=C(NC(=O)c1ccccc1O)S/C(=C\C)N=O. The maximum Gasteiger partial charge on any atom is 0.259 e. The zero-order valence-corrected chi connectivity index (χ0v) is 10.5. The topological polar surface area (TPSA) is 78.8 Å². The van der Waals surface area contributed by atoms with E-state index in [2.05, 4.69) is 17.1 Å². The Labute approximate surface area is 109 Å². The Balaban J connectivity index is 2.69. The van der Waals surface area contributed by atoms with Gasteiger partial charge in [-0.3, -0.25) is 4.79 Å². The van der Waals surface area contributed by atoms with Crippen molar-refractivity contribution < 1.29 is 9.90 Å². The minimum absolute atomic E-state index is 0.118. The number of allylic oxidation sites excluding steroid dienone is 1. The quantitative estimate of drug-likeness (QED) is 0.801. The smallest absolute Gasteiger partial charge is 0.259 e. The molecule has 0 radical (unpaired) electrons. The number of phenols is 1. The molecular formula is C12H12N2O3S. The lowest BCUT2D eigenvalue weighted by molar-refractivity contribution is 0.0966. The standard InChI is InChI=1S/C12H12N2O3S/c1-3-11(14-17)18-8(2)13-12(16)9-6-4-5-7-10(9)15/h3-7,15H,2H2,1H3,(H,13,16)/b11-3-. The van der Waals surface area contributed by atoms with Crippen LogP contribution in [0.25, 0.3) is 0 Å². The van der Waals surface area contributed by atoms with Gasteiger partial charge in [-0.25, -0.2) is 0 Å². The molecule has 0 heterocycles. The largest absolute Gasteiger partial charge is 0.507 e. The van der Waals surface area contributed by atoms with Gasteiger partial charge in [0.25, 0.3) is 5.91 Å². The summed E-state index contributed by atoms with van der Waals surface area (Å²) in [5.74, 6) is -0.612. The van der Waals surface area contributed by atoms with Crippen LogP contribution >= 0.6 is 11.8 Å². The summed E-state index contributed by atoms with van der Waals surface area (Å²) >= 11 is 0.947. The molecule has 0 bridgehead atoms. The van der Waals surface area contributed by atoms with Crippen LogP contribution in [-0.2, 0) is 0 Å². The summed E-state index contributed by atoms with van der Waals surface area (Å²) in [6.45, 7) is 5.25. The van der Waals surface area contributed by atoms with Crippen LogP contribution in [0.1, 0.15) is 17.3 Å². The predicted octanol–water partition coefficient (Wildman–Crippen LogP) is 2.95. The average molecular weight is 264 g/mol. The van der Waals surface area contributed by atoms with Gasteiger partial charge in [-0.05, 0) is 36.0 Å². The zero-order valence-electron chi connectivity index (χ0n) is 9.71. The van der Waals surface area contributed by atoms with Crippen molar-refractivity contribution in [3.63, 3.8) is 0 Å². The minimum atomic E-state index is -0.494. The number of carbonyl (C=O) groups is 1. The second-order valence-electron chi connectivity index (χ2n) is 3.21. The number of nitroso groups, excluding NO2 is 1. The monoisotopic (exact) mass is 264 g/mol. The van der Waals surface area contributed by atoms with Crippen LogP contribution in [0, 0.1) is 4.91 Å². The number of amides is 1. The molecule has 1 rings (SSSR count). The van der Waals surface area contributed by atoms with Gasteiger partial charge in [-0.1, -0.05) is 24.8 Å². The van der Waals surface area contributed by atoms with Crippen molar-refractivity contribution in [2.24, 2.45) is 5.18 Å². The number of para-hydroxylation sites is 1. The number of hydrogen-bond donors (Lipinski definition) is 2. The Hall–Kier alpha value is -2.08. The van der Waals surface area contributed by atoms with Crippen LogP contribution in [-0.4, -0.2) is 11.0 Å². The number of phenolic OH excluding ortho intramolecular Hbond substituents is 1. The lowest BCUT2D eigenvalue weighted by atomic mass is 10.2. The summed E-state index contributed by atoms with van der Waals surface area (Å²) in [7, 11) is 0. The molecule has 0 aromatic heterocycles. The van der Waals surface area contributed by atoms with Gasteiger partial charge in [0.2, 0.25) is 0 Å². The molecule has 0 atom stereocenters. The van der Waals surface area contributed by atoms with Gasteiger partial charge in [-0.2, -0.15) is 0 Å². The van der Waals surface area contributed by atoms with E-state index in [1.54, 1.807) is 19.1 Å². The highest BCUT2D eigenvalue weighted by atomic mass is 32.2. The van der Waals surface area contributed by atoms with Gasteiger partial charge in [0.15, 0.2) is 0 Å². The first-order chi connectivity index (χ1) is 8.58. The molecule has 0 saturated heterocycles. The van der Waals surface area contributed by atoms with Gasteiger partial charge in [0.05, 0.1) is 10.6 Å². The predicted molar refractivity (Wildman–Crippen MR) is 71.9 cm³/mol. The lowest BCUT2D eigenvalue weighted by Gasteiger charge is -2.07. The fraction of sp³-hybridized carbons (Fsp3) is 0.0833. The number of rotatable bonds is 5. The Kier molecular flexibility index (Phi) is 5.13. The van der Waals surface area contributed by atoms with Crippen molar-refractivity contribution in [2.45, 2.75) is 6.92 Å². The first-order valence-electron chi connectivity index (χ1n) is 5.04. The molecule has 1 aromatic carbocycles. The summed E-state index contributed by atoms with van der Waals surface area (Å²) in [4.78, 5) is 22.1. The molecule has 0 saturated carbocycles. The van der Waals surface area contributed by atoms with Crippen LogP contribution in [0.2, 0.25) is 0 Å². The second kappa shape index (κ2) is 6.61. The van der Waals surface area contributed by atoms with Gasteiger partial charge in [0.1, 0.15) is 10.8 Å². The van der Waals surface area contributed by atoms with Crippen LogP contribution in [0.5, 0.6) is 5.75 Å². The highest BCUT2D eigenvalue weighted by molar-refractivity contribution is 8.06. The molecule has 1 aromatic rings. The molecule has 0 unspecified atom stereocenters. The van der Waals surface area contributed by atoms with Crippen molar-refractivity contribution in [3.8, 4) is 5.75 Å². The van der Waals surface area contributed by atoms with Gasteiger partial charge < -0.3 is 10.4 Å². The molecule has 0 fully saturated rings. The van der Waals surface area contributed by atoms with E-state index >= 15 is 0 Å². The molecule has 94 valence electrons. The first kappa shape index (κ1) is 14.0. The Morgan fingerprint density at radius 2 is 2.17 bits per heavy atom. The third-order valence-corrected chi connectivity index (χ3v) is 2.83. The van der Waals surface area contributed by atoms with Crippen LogP contribution in [0.15, 0.2) is 52.2 Å². The molecule has 0 aliphatic heterocycles. The van der Waals surface area contributed by atoms with Crippen molar-refractivity contribution in [2.75, 3.05) is 0 Å². The van der Waals surface area contributed by atoms with E-state index in [1.165, 1.54) is 18.2 Å². The van der Waals surface area contributed by atoms with Crippen molar-refractivity contribution >= 4 is 17.7 Å². The van der Waals surface area contributed by atoms with Crippen LogP contribution < -0.4 is 5.32 Å². The summed E-state index contributed by atoms with van der Waals surface area (Å²) < 4.78 is 0. The molecule has 0 aliphatic carbocycles. The maximum absolute atomic E-state index is 11.8. The van der Waals surface area contributed by atoms with E-state index < -0.39 is 5.91 Å². The Morgan fingerprint density at radius 1 is 1.50 bits per heavy atom. The fourth-order valence-electron chi connectivity index (χ4n) is 1.14.